The SMILES string of the molecule is NS(=O)(=O)c1ccc(OCC2CNC(=O)O2)c(C(=O)O)c1. The van der Waals surface area contributed by atoms with E-state index in [9.17, 15) is 18.0 Å². The van der Waals surface area contributed by atoms with Gasteiger partial charge >= 0.3 is 12.1 Å². The van der Waals surface area contributed by atoms with Crippen molar-refractivity contribution in [3.8, 4) is 5.75 Å². The van der Waals surface area contributed by atoms with Gasteiger partial charge in [-0.25, -0.2) is 23.1 Å². The second kappa shape index (κ2) is 5.58. The molecule has 114 valence electrons. The number of alkyl carbamates (subject to hydrolysis) is 1. The van der Waals surface area contributed by atoms with Gasteiger partial charge in [0, 0.05) is 0 Å². The highest BCUT2D eigenvalue weighted by molar-refractivity contribution is 7.89. The number of amides is 1. The van der Waals surface area contributed by atoms with Crippen LogP contribution in [-0.2, 0) is 14.8 Å². The normalized spacial score (nSPS) is 18.0. The third-order valence-electron chi connectivity index (χ3n) is 2.68. The summed E-state index contributed by atoms with van der Waals surface area (Å²) in [5.41, 5.74) is -0.348. The molecule has 1 aliphatic rings. The molecule has 0 aliphatic carbocycles. The summed E-state index contributed by atoms with van der Waals surface area (Å²) in [7, 11) is -4.01. The highest BCUT2D eigenvalue weighted by Gasteiger charge is 2.24. The van der Waals surface area contributed by atoms with Gasteiger partial charge < -0.3 is 19.9 Å². The first-order valence-corrected chi connectivity index (χ1v) is 7.29. The molecule has 1 saturated heterocycles. The molecule has 4 N–H and O–H groups in total. The topological polar surface area (TPSA) is 145 Å². The Labute approximate surface area is 119 Å². The van der Waals surface area contributed by atoms with Crippen LogP contribution in [0.5, 0.6) is 5.75 Å². The van der Waals surface area contributed by atoms with Crippen molar-refractivity contribution in [1.82, 2.24) is 5.32 Å². The van der Waals surface area contributed by atoms with Gasteiger partial charge in [-0.1, -0.05) is 0 Å². The smallest absolute Gasteiger partial charge is 0.407 e. The molecule has 0 aromatic heterocycles. The summed E-state index contributed by atoms with van der Waals surface area (Å²) in [6.45, 7) is 0.185. The average Bonchev–Trinajstić information content (AvgIpc) is 2.80. The van der Waals surface area contributed by atoms with Crippen molar-refractivity contribution in [1.29, 1.82) is 0 Å². The van der Waals surface area contributed by atoms with Crippen molar-refractivity contribution < 1.29 is 32.6 Å². The number of benzene rings is 1. The molecule has 9 nitrogen and oxygen atoms in total. The van der Waals surface area contributed by atoms with Gasteiger partial charge in [0.25, 0.3) is 0 Å². The minimum atomic E-state index is -4.01. The number of carboxylic acid groups (broad SMARTS) is 1. The maximum atomic E-state index is 11.2. The largest absolute Gasteiger partial charge is 0.489 e. The summed E-state index contributed by atoms with van der Waals surface area (Å²) >= 11 is 0. The van der Waals surface area contributed by atoms with Gasteiger partial charge in [-0.3, -0.25) is 0 Å². The van der Waals surface area contributed by atoms with Crippen molar-refractivity contribution in [2.24, 2.45) is 5.14 Å². The molecule has 1 fully saturated rings. The molecule has 1 aromatic carbocycles. The molecule has 1 atom stereocenters. The molecule has 21 heavy (non-hydrogen) atoms. The summed E-state index contributed by atoms with van der Waals surface area (Å²) in [4.78, 5) is 21.6. The number of carbonyl (C=O) groups excluding carboxylic acids is 1. The molecule has 1 heterocycles. The number of primary sulfonamides is 1. The van der Waals surface area contributed by atoms with Gasteiger partial charge in [0.05, 0.1) is 11.4 Å². The Balaban J connectivity index is 2.19. The second-order valence-electron chi connectivity index (χ2n) is 4.23. The van der Waals surface area contributed by atoms with Crippen LogP contribution in [0.25, 0.3) is 0 Å². The fourth-order valence-corrected chi connectivity index (χ4v) is 2.23. The number of ether oxygens (including phenoxy) is 2. The lowest BCUT2D eigenvalue weighted by molar-refractivity contribution is 0.0683. The molecule has 0 radical (unpaired) electrons. The van der Waals surface area contributed by atoms with Crippen LogP contribution in [0.15, 0.2) is 23.1 Å². The van der Waals surface area contributed by atoms with Crippen molar-refractivity contribution in [3.05, 3.63) is 23.8 Å². The predicted octanol–water partition coefficient (Wildman–Crippen LogP) is -0.481. The number of aromatic carboxylic acids is 1. The zero-order valence-electron chi connectivity index (χ0n) is 10.6. The second-order valence-corrected chi connectivity index (χ2v) is 5.79. The van der Waals surface area contributed by atoms with Crippen LogP contribution in [0.4, 0.5) is 4.79 Å². The molecule has 1 aromatic rings. The number of carboxylic acids is 1. The number of nitrogens with two attached hydrogens (primary N) is 1. The molecule has 1 aliphatic heterocycles. The van der Waals surface area contributed by atoms with Gasteiger partial charge in [0.2, 0.25) is 10.0 Å². The quantitative estimate of drug-likeness (QED) is 0.665. The fourth-order valence-electron chi connectivity index (χ4n) is 1.69. The summed E-state index contributed by atoms with van der Waals surface area (Å²) in [6, 6.07) is 3.23. The lowest BCUT2D eigenvalue weighted by Gasteiger charge is -2.12. The highest BCUT2D eigenvalue weighted by Crippen LogP contribution is 2.22. The number of rotatable bonds is 5. The van der Waals surface area contributed by atoms with E-state index in [0.29, 0.717) is 0 Å². The minimum Gasteiger partial charge on any atom is -0.489 e. The van der Waals surface area contributed by atoms with Gasteiger partial charge in [-0.2, -0.15) is 0 Å². The molecule has 0 spiro atoms. The Hall–Kier alpha value is -2.33. The summed E-state index contributed by atoms with van der Waals surface area (Å²) in [5, 5.41) is 16.4. The van der Waals surface area contributed by atoms with Crippen LogP contribution in [-0.4, -0.2) is 44.8 Å². The van der Waals surface area contributed by atoms with Crippen LogP contribution in [0, 0.1) is 0 Å². The number of hydrogen-bond donors (Lipinski definition) is 3. The number of cyclic esters (lactones) is 1. The highest BCUT2D eigenvalue weighted by atomic mass is 32.2. The maximum Gasteiger partial charge on any atom is 0.407 e. The molecular weight excluding hydrogens is 304 g/mol. The van der Waals surface area contributed by atoms with E-state index in [1.54, 1.807) is 0 Å². The van der Waals surface area contributed by atoms with Crippen molar-refractivity contribution in [2.45, 2.75) is 11.0 Å². The first-order valence-electron chi connectivity index (χ1n) is 5.75. The number of nitrogens with one attached hydrogen (secondary N) is 1. The van der Waals surface area contributed by atoms with E-state index in [1.165, 1.54) is 6.07 Å². The lowest BCUT2D eigenvalue weighted by Crippen LogP contribution is -2.22. The first-order chi connectivity index (χ1) is 9.77. The molecular formula is C11H12N2O7S. The zero-order chi connectivity index (χ0) is 15.6. The van der Waals surface area contributed by atoms with Gasteiger partial charge in [-0.05, 0) is 18.2 Å². The zero-order valence-corrected chi connectivity index (χ0v) is 11.4. The molecule has 1 unspecified atom stereocenters. The van der Waals surface area contributed by atoms with Crippen LogP contribution >= 0.6 is 0 Å². The maximum absolute atomic E-state index is 11.2. The molecule has 0 bridgehead atoms. The first kappa shape index (κ1) is 15.1. The third-order valence-corrected chi connectivity index (χ3v) is 3.59. The third kappa shape index (κ3) is 3.61. The molecule has 0 saturated carbocycles. The van der Waals surface area contributed by atoms with Crippen molar-refractivity contribution >= 4 is 22.1 Å². The Kier molecular flexibility index (Phi) is 4.00. The van der Waals surface area contributed by atoms with Crippen LogP contribution in [0.2, 0.25) is 0 Å². The monoisotopic (exact) mass is 316 g/mol. The molecule has 2 rings (SSSR count). The van der Waals surface area contributed by atoms with Gasteiger partial charge in [-0.15, -0.1) is 0 Å². The van der Waals surface area contributed by atoms with Crippen molar-refractivity contribution in [3.63, 3.8) is 0 Å². The summed E-state index contributed by atoms with van der Waals surface area (Å²) in [5.74, 6) is -1.41. The standard InChI is InChI=1S/C11H12N2O7S/c12-21(17,18)7-1-2-9(8(3-7)10(14)15)19-5-6-4-13-11(16)20-6/h1-3,6H,4-5H2,(H,13,16)(H,14,15)(H2,12,17,18). The van der Waals surface area contributed by atoms with Crippen LogP contribution in [0.3, 0.4) is 0 Å². The van der Waals surface area contributed by atoms with E-state index in [0.717, 1.165) is 12.1 Å². The van der Waals surface area contributed by atoms with Gasteiger partial charge in [0.1, 0.15) is 17.9 Å². The van der Waals surface area contributed by atoms with E-state index in [2.05, 4.69) is 5.32 Å². The fraction of sp³-hybridized carbons (Fsp3) is 0.273. The Bertz CT molecular complexity index is 686. The number of carbonyl (C=O) groups is 2. The average molecular weight is 316 g/mol. The Morgan fingerprint density at radius 1 is 1.52 bits per heavy atom. The summed E-state index contributed by atoms with van der Waals surface area (Å²) < 4.78 is 32.5. The van der Waals surface area contributed by atoms with E-state index < -0.39 is 28.2 Å². The van der Waals surface area contributed by atoms with E-state index in [-0.39, 0.29) is 29.4 Å². The van der Waals surface area contributed by atoms with Gasteiger partial charge in [0.15, 0.2) is 6.10 Å². The molecule has 1 amide bonds. The Morgan fingerprint density at radius 3 is 2.76 bits per heavy atom. The van der Waals surface area contributed by atoms with Crippen molar-refractivity contribution in [2.75, 3.05) is 13.2 Å². The Morgan fingerprint density at radius 2 is 2.24 bits per heavy atom. The minimum absolute atomic E-state index is 0.0437. The molecule has 10 heteroatoms. The number of sulfonamides is 1. The van der Waals surface area contributed by atoms with Crippen LogP contribution in [0.1, 0.15) is 10.4 Å². The number of hydrogen-bond acceptors (Lipinski definition) is 6. The van der Waals surface area contributed by atoms with E-state index in [1.807, 2.05) is 0 Å². The van der Waals surface area contributed by atoms with Crippen LogP contribution < -0.4 is 15.2 Å². The van der Waals surface area contributed by atoms with E-state index >= 15 is 0 Å². The van der Waals surface area contributed by atoms with E-state index in [4.69, 9.17) is 19.7 Å². The summed E-state index contributed by atoms with van der Waals surface area (Å²) in [6.07, 6.45) is -1.12. The predicted molar refractivity (Wildman–Crippen MR) is 68.5 cm³/mol. The lowest BCUT2D eigenvalue weighted by atomic mass is 10.2.